The molecule has 4 heteroatoms. The van der Waals surface area contributed by atoms with Crippen LogP contribution in [0.2, 0.25) is 0 Å². The lowest BCUT2D eigenvalue weighted by Gasteiger charge is -2.05. The Bertz CT molecular complexity index is 448. The largest absolute Gasteiger partial charge is 0.144 e. The van der Waals surface area contributed by atoms with Crippen molar-refractivity contribution in [3.8, 4) is 0 Å². The van der Waals surface area contributed by atoms with Crippen molar-refractivity contribution in [3.63, 3.8) is 0 Å². The van der Waals surface area contributed by atoms with E-state index < -0.39 is 0 Å². The van der Waals surface area contributed by atoms with E-state index >= 15 is 0 Å². The number of halogens is 2. The predicted molar refractivity (Wildman–Crippen MR) is 69.4 cm³/mol. The molecule has 0 N–H and O–H groups in total. The first-order valence-corrected chi connectivity index (χ1v) is 6.91. The van der Waals surface area contributed by atoms with Crippen LogP contribution in [0.5, 0.6) is 0 Å². The molecule has 0 amide bonds. The second-order valence-electron chi connectivity index (χ2n) is 2.65. The van der Waals surface area contributed by atoms with Crippen LogP contribution in [-0.2, 0) is 5.33 Å². The zero-order valence-corrected chi connectivity index (χ0v) is 11.4. The van der Waals surface area contributed by atoms with Gasteiger partial charge in [-0.3, -0.25) is 0 Å². The van der Waals surface area contributed by atoms with Crippen LogP contribution >= 0.6 is 55.8 Å². The van der Waals surface area contributed by atoms with E-state index in [1.807, 2.05) is 0 Å². The number of hydrogen-bond acceptors (Lipinski definition) is 2. The molecule has 68 valence electrons. The lowest BCUT2D eigenvalue weighted by molar-refractivity contribution is 1.31. The minimum absolute atomic E-state index is 0.832. The highest BCUT2D eigenvalue weighted by molar-refractivity contribution is 9.10. The number of thiophene rings is 1. The van der Waals surface area contributed by atoms with Crippen molar-refractivity contribution < 1.29 is 0 Å². The van der Waals surface area contributed by atoms with Crippen molar-refractivity contribution >= 4 is 65.9 Å². The summed E-state index contributed by atoms with van der Waals surface area (Å²) in [4.78, 5) is 1.07. The summed E-state index contributed by atoms with van der Waals surface area (Å²) in [6.45, 7) is 0. The number of fused-ring (bicyclic) bond motifs is 1. The topological polar surface area (TPSA) is 0 Å². The molecule has 0 radical (unpaired) electrons. The summed E-state index contributed by atoms with van der Waals surface area (Å²) in [5, 5.41) is 4.17. The molecule has 2 aromatic rings. The molecular weight excluding hydrogens is 332 g/mol. The average molecular weight is 338 g/mol. The molecule has 2 rings (SSSR count). The van der Waals surface area contributed by atoms with E-state index in [9.17, 15) is 0 Å². The van der Waals surface area contributed by atoms with Crippen molar-refractivity contribution in [1.82, 2.24) is 0 Å². The van der Waals surface area contributed by atoms with Gasteiger partial charge >= 0.3 is 0 Å². The van der Waals surface area contributed by atoms with Crippen LogP contribution in [0, 0.1) is 0 Å². The summed E-state index contributed by atoms with van der Waals surface area (Å²) in [6.07, 6.45) is 0. The fraction of sp³-hybridized carbons (Fsp3) is 0.111. The summed E-state index contributed by atoms with van der Waals surface area (Å²) in [5.41, 5.74) is 1.22. The zero-order valence-electron chi connectivity index (χ0n) is 6.55. The van der Waals surface area contributed by atoms with E-state index in [1.165, 1.54) is 15.6 Å². The summed E-state index contributed by atoms with van der Waals surface area (Å²) in [7, 11) is 0. The van der Waals surface area contributed by atoms with E-state index in [1.54, 1.807) is 11.3 Å². The van der Waals surface area contributed by atoms with Crippen LogP contribution < -0.4 is 0 Å². The molecule has 0 fully saturated rings. The molecule has 0 unspecified atom stereocenters. The smallest absolute Gasteiger partial charge is 0.0365 e. The van der Waals surface area contributed by atoms with Crippen LogP contribution in [0.25, 0.3) is 10.1 Å². The number of hydrogen-bond donors (Lipinski definition) is 1. The molecule has 0 spiro atoms. The molecule has 0 aliphatic carbocycles. The fourth-order valence-electron chi connectivity index (χ4n) is 1.23. The maximum absolute atomic E-state index is 4.53. The van der Waals surface area contributed by atoms with Gasteiger partial charge in [-0.15, -0.1) is 24.0 Å². The second-order valence-corrected chi connectivity index (χ2v) is 5.46. The third-order valence-electron chi connectivity index (χ3n) is 1.92. The fourth-order valence-corrected chi connectivity index (χ4v) is 4.58. The van der Waals surface area contributed by atoms with Gasteiger partial charge in [-0.25, -0.2) is 0 Å². The zero-order chi connectivity index (χ0) is 9.42. The van der Waals surface area contributed by atoms with Gasteiger partial charge in [0.2, 0.25) is 0 Å². The maximum Gasteiger partial charge on any atom is 0.0365 e. The van der Waals surface area contributed by atoms with Gasteiger partial charge in [0.1, 0.15) is 0 Å². The molecule has 0 bridgehead atoms. The Morgan fingerprint density at radius 1 is 1.46 bits per heavy atom. The van der Waals surface area contributed by atoms with Crippen molar-refractivity contribution in [2.45, 2.75) is 10.2 Å². The molecule has 0 nitrogen and oxygen atoms in total. The van der Waals surface area contributed by atoms with Gasteiger partial charge < -0.3 is 0 Å². The first-order chi connectivity index (χ1) is 6.24. The molecular formula is C9H6Br2S2. The first-order valence-electron chi connectivity index (χ1n) is 3.67. The molecule has 0 saturated heterocycles. The summed E-state index contributed by atoms with van der Waals surface area (Å²) in [6, 6.07) is 4.26. The number of alkyl halides is 1. The Balaban J connectivity index is 2.85. The summed E-state index contributed by atoms with van der Waals surface area (Å²) in [5.74, 6) is 0. The Kier molecular flexibility index (Phi) is 3.03. The Hall–Kier alpha value is 0.490. The number of thiol groups is 1. The quantitative estimate of drug-likeness (QED) is 0.558. The van der Waals surface area contributed by atoms with Crippen LogP contribution in [0.15, 0.2) is 26.9 Å². The summed E-state index contributed by atoms with van der Waals surface area (Å²) >= 11 is 13.3. The van der Waals surface area contributed by atoms with Gasteiger partial charge in [0.05, 0.1) is 0 Å². The molecule has 0 aliphatic heterocycles. The second kappa shape index (κ2) is 3.93. The maximum atomic E-state index is 4.53. The molecule has 0 aliphatic rings. The molecule has 1 heterocycles. The predicted octanol–water partition coefficient (Wildman–Crippen LogP) is 4.85. The third-order valence-corrected chi connectivity index (χ3v) is 4.56. The Morgan fingerprint density at radius 3 is 2.92 bits per heavy atom. The third kappa shape index (κ3) is 1.69. The average Bonchev–Trinajstić information content (AvgIpc) is 2.53. The van der Waals surface area contributed by atoms with E-state index in [4.69, 9.17) is 0 Å². The van der Waals surface area contributed by atoms with Crippen LogP contribution in [-0.4, -0.2) is 0 Å². The van der Waals surface area contributed by atoms with E-state index in [0.29, 0.717) is 0 Å². The monoisotopic (exact) mass is 336 g/mol. The molecule has 1 aromatic heterocycles. The lowest BCUT2D eigenvalue weighted by Crippen LogP contribution is -1.83. The van der Waals surface area contributed by atoms with E-state index in [0.717, 1.165) is 14.7 Å². The normalized spacial score (nSPS) is 11.0. The molecule has 0 atom stereocenters. The highest BCUT2D eigenvalue weighted by atomic mass is 79.9. The van der Waals surface area contributed by atoms with Crippen molar-refractivity contribution in [1.29, 1.82) is 0 Å². The van der Waals surface area contributed by atoms with Crippen molar-refractivity contribution in [2.24, 2.45) is 0 Å². The standard InChI is InChI=1S/C9H6Br2S2/c10-4-6-7(11)3-8-5(9(6)12)1-2-13-8/h1-3,12H,4H2. The Morgan fingerprint density at radius 2 is 2.23 bits per heavy atom. The van der Waals surface area contributed by atoms with Gasteiger partial charge in [-0.2, -0.15) is 0 Å². The van der Waals surface area contributed by atoms with E-state index in [-0.39, 0.29) is 0 Å². The Labute approximate surface area is 103 Å². The minimum atomic E-state index is 0.832. The van der Waals surface area contributed by atoms with Crippen molar-refractivity contribution in [3.05, 3.63) is 27.5 Å². The molecule has 1 aromatic carbocycles. The number of rotatable bonds is 1. The van der Waals surface area contributed by atoms with Crippen LogP contribution in [0.1, 0.15) is 5.56 Å². The lowest BCUT2D eigenvalue weighted by atomic mass is 10.2. The highest BCUT2D eigenvalue weighted by Gasteiger charge is 2.08. The van der Waals surface area contributed by atoms with Gasteiger partial charge in [0, 0.05) is 24.8 Å². The van der Waals surface area contributed by atoms with Crippen molar-refractivity contribution in [2.75, 3.05) is 0 Å². The first kappa shape index (κ1) is 10.0. The van der Waals surface area contributed by atoms with Gasteiger partial charge in [-0.1, -0.05) is 31.9 Å². The van der Waals surface area contributed by atoms with E-state index in [2.05, 4.69) is 62.0 Å². The minimum Gasteiger partial charge on any atom is -0.144 e. The highest BCUT2D eigenvalue weighted by Crippen LogP contribution is 2.35. The molecule has 0 saturated carbocycles. The SMILES string of the molecule is Sc1c(CBr)c(Br)cc2sccc12. The van der Waals surface area contributed by atoms with Crippen LogP contribution in [0.4, 0.5) is 0 Å². The van der Waals surface area contributed by atoms with Gasteiger partial charge in [0.15, 0.2) is 0 Å². The van der Waals surface area contributed by atoms with Crippen LogP contribution in [0.3, 0.4) is 0 Å². The number of benzene rings is 1. The van der Waals surface area contributed by atoms with Gasteiger partial charge in [-0.05, 0) is 23.1 Å². The summed E-state index contributed by atoms with van der Waals surface area (Å²) < 4.78 is 2.41. The molecule has 13 heavy (non-hydrogen) atoms. The van der Waals surface area contributed by atoms with Gasteiger partial charge in [0.25, 0.3) is 0 Å².